The summed E-state index contributed by atoms with van der Waals surface area (Å²) < 4.78 is 0. The van der Waals surface area contributed by atoms with Crippen molar-refractivity contribution in [3.63, 3.8) is 0 Å². The molecule has 0 bridgehead atoms. The molecule has 0 spiro atoms. The van der Waals surface area contributed by atoms with Gasteiger partial charge in [0.15, 0.2) is 0 Å². The van der Waals surface area contributed by atoms with Gasteiger partial charge in [-0.2, -0.15) is 0 Å². The van der Waals surface area contributed by atoms with Gasteiger partial charge in [-0.1, -0.05) is 19.4 Å². The third kappa shape index (κ3) is 2.65. The Balaban J connectivity index is 1.77. The van der Waals surface area contributed by atoms with Gasteiger partial charge in [-0.3, -0.25) is 9.59 Å². The number of piperidine rings is 1. The third-order valence-electron chi connectivity index (χ3n) is 4.59. The standard InChI is InChI=1S/C16H21N3O2/c1-2-10-9-19(6-5-13(10)17)16(21)12-4-3-11-8-15(20)18-14(11)7-12/h3-4,7,10,13H,2,5-6,8-9,17H2,1H3,(H,18,20). The second-order valence-electron chi connectivity index (χ2n) is 5.97. The quantitative estimate of drug-likeness (QED) is 0.863. The molecule has 1 fully saturated rings. The number of hydrogen-bond donors (Lipinski definition) is 2. The van der Waals surface area contributed by atoms with E-state index in [9.17, 15) is 9.59 Å². The first kappa shape index (κ1) is 14.1. The zero-order valence-corrected chi connectivity index (χ0v) is 12.3. The summed E-state index contributed by atoms with van der Waals surface area (Å²) in [6, 6.07) is 5.67. The number of benzene rings is 1. The van der Waals surface area contributed by atoms with Crippen LogP contribution in [-0.4, -0.2) is 35.8 Å². The van der Waals surface area contributed by atoms with Crippen molar-refractivity contribution in [1.82, 2.24) is 4.90 Å². The first-order valence-electron chi connectivity index (χ1n) is 7.56. The maximum Gasteiger partial charge on any atom is 0.253 e. The van der Waals surface area contributed by atoms with Crippen molar-refractivity contribution in [2.45, 2.75) is 32.2 Å². The predicted molar refractivity (Wildman–Crippen MR) is 81.1 cm³/mol. The monoisotopic (exact) mass is 287 g/mol. The summed E-state index contributed by atoms with van der Waals surface area (Å²) in [6.45, 7) is 3.54. The van der Waals surface area contributed by atoms with Gasteiger partial charge in [0, 0.05) is 30.4 Å². The average Bonchev–Trinajstić information content (AvgIpc) is 2.86. The minimum absolute atomic E-state index is 0.00964. The highest BCUT2D eigenvalue weighted by molar-refractivity contribution is 6.02. The van der Waals surface area contributed by atoms with Crippen molar-refractivity contribution in [3.05, 3.63) is 29.3 Å². The summed E-state index contributed by atoms with van der Waals surface area (Å²) in [6.07, 6.45) is 2.25. The molecule has 0 radical (unpaired) electrons. The Bertz CT molecular complexity index is 585. The van der Waals surface area contributed by atoms with Gasteiger partial charge in [0.2, 0.25) is 5.91 Å². The normalized spacial score (nSPS) is 24.7. The van der Waals surface area contributed by atoms with Crippen LogP contribution in [0.5, 0.6) is 0 Å². The molecule has 2 heterocycles. The summed E-state index contributed by atoms with van der Waals surface area (Å²) >= 11 is 0. The van der Waals surface area contributed by atoms with Crippen LogP contribution >= 0.6 is 0 Å². The van der Waals surface area contributed by atoms with Gasteiger partial charge in [-0.15, -0.1) is 0 Å². The average molecular weight is 287 g/mol. The number of nitrogens with two attached hydrogens (primary N) is 1. The highest BCUT2D eigenvalue weighted by Gasteiger charge is 2.29. The molecular formula is C16H21N3O2. The zero-order chi connectivity index (χ0) is 15.0. The summed E-state index contributed by atoms with van der Waals surface area (Å²) in [7, 11) is 0. The van der Waals surface area contributed by atoms with Gasteiger partial charge in [-0.25, -0.2) is 0 Å². The Kier molecular flexibility index (Phi) is 3.68. The predicted octanol–water partition coefficient (Wildman–Crippen LogP) is 1.38. The van der Waals surface area contributed by atoms with Gasteiger partial charge in [0.1, 0.15) is 0 Å². The van der Waals surface area contributed by atoms with E-state index in [1.807, 2.05) is 17.0 Å². The molecule has 2 aliphatic rings. The van der Waals surface area contributed by atoms with Crippen molar-refractivity contribution in [2.24, 2.45) is 11.7 Å². The Morgan fingerprint density at radius 2 is 2.29 bits per heavy atom. The van der Waals surface area contributed by atoms with E-state index < -0.39 is 0 Å². The number of amides is 2. The largest absolute Gasteiger partial charge is 0.338 e. The fraction of sp³-hybridized carbons (Fsp3) is 0.500. The Labute approximate surface area is 124 Å². The van der Waals surface area contributed by atoms with Crippen molar-refractivity contribution in [1.29, 1.82) is 0 Å². The number of likely N-dealkylation sites (tertiary alicyclic amines) is 1. The third-order valence-corrected chi connectivity index (χ3v) is 4.59. The maximum absolute atomic E-state index is 12.6. The van der Waals surface area contributed by atoms with Crippen LogP contribution < -0.4 is 11.1 Å². The first-order chi connectivity index (χ1) is 10.1. The van der Waals surface area contributed by atoms with E-state index in [-0.39, 0.29) is 17.9 Å². The highest BCUT2D eigenvalue weighted by Crippen LogP contribution is 2.26. The van der Waals surface area contributed by atoms with Crippen LogP contribution in [0.4, 0.5) is 5.69 Å². The molecule has 0 aliphatic carbocycles. The number of anilines is 1. The molecule has 3 rings (SSSR count). The summed E-state index contributed by atoms with van der Waals surface area (Å²) in [5.74, 6) is 0.394. The highest BCUT2D eigenvalue weighted by atomic mass is 16.2. The molecule has 1 saturated heterocycles. The van der Waals surface area contributed by atoms with Gasteiger partial charge in [0.25, 0.3) is 5.91 Å². The molecule has 21 heavy (non-hydrogen) atoms. The van der Waals surface area contributed by atoms with Crippen LogP contribution in [0.25, 0.3) is 0 Å². The lowest BCUT2D eigenvalue weighted by atomic mass is 9.90. The van der Waals surface area contributed by atoms with Gasteiger partial charge in [-0.05, 0) is 30.0 Å². The van der Waals surface area contributed by atoms with Crippen LogP contribution in [0.1, 0.15) is 35.7 Å². The minimum Gasteiger partial charge on any atom is -0.338 e. The lowest BCUT2D eigenvalue weighted by Gasteiger charge is -2.36. The smallest absolute Gasteiger partial charge is 0.253 e. The van der Waals surface area contributed by atoms with E-state index in [0.29, 0.717) is 24.4 Å². The van der Waals surface area contributed by atoms with Crippen molar-refractivity contribution in [2.75, 3.05) is 18.4 Å². The number of rotatable bonds is 2. The van der Waals surface area contributed by atoms with E-state index in [1.54, 1.807) is 6.07 Å². The van der Waals surface area contributed by atoms with E-state index in [1.165, 1.54) is 0 Å². The van der Waals surface area contributed by atoms with E-state index in [2.05, 4.69) is 12.2 Å². The van der Waals surface area contributed by atoms with Gasteiger partial charge in [0.05, 0.1) is 6.42 Å². The van der Waals surface area contributed by atoms with Crippen molar-refractivity contribution in [3.8, 4) is 0 Å². The molecule has 5 nitrogen and oxygen atoms in total. The number of carbonyl (C=O) groups excluding carboxylic acids is 2. The molecular weight excluding hydrogens is 266 g/mol. The molecule has 1 aromatic rings. The molecule has 2 unspecified atom stereocenters. The molecule has 2 atom stereocenters. The Morgan fingerprint density at radius 1 is 1.48 bits per heavy atom. The summed E-state index contributed by atoms with van der Waals surface area (Å²) in [5, 5.41) is 2.79. The van der Waals surface area contributed by atoms with Crippen LogP contribution in [0.2, 0.25) is 0 Å². The molecule has 0 aromatic heterocycles. The molecule has 3 N–H and O–H groups in total. The van der Waals surface area contributed by atoms with Crippen LogP contribution in [0, 0.1) is 5.92 Å². The minimum atomic E-state index is -0.00964. The van der Waals surface area contributed by atoms with Crippen molar-refractivity contribution < 1.29 is 9.59 Å². The maximum atomic E-state index is 12.6. The SMILES string of the molecule is CCC1CN(C(=O)c2ccc3c(c2)NC(=O)C3)CCC1N. The molecule has 2 amide bonds. The lowest BCUT2D eigenvalue weighted by molar-refractivity contribution is -0.115. The van der Waals surface area contributed by atoms with E-state index >= 15 is 0 Å². The molecule has 5 heteroatoms. The molecule has 0 saturated carbocycles. The summed E-state index contributed by atoms with van der Waals surface area (Å²) in [5.41, 5.74) is 8.47. The Morgan fingerprint density at radius 3 is 3.05 bits per heavy atom. The van der Waals surface area contributed by atoms with E-state index in [4.69, 9.17) is 5.73 Å². The first-order valence-corrected chi connectivity index (χ1v) is 7.56. The van der Waals surface area contributed by atoms with Crippen LogP contribution in [0.3, 0.4) is 0 Å². The van der Waals surface area contributed by atoms with Crippen LogP contribution in [0.15, 0.2) is 18.2 Å². The Hall–Kier alpha value is -1.88. The fourth-order valence-electron chi connectivity index (χ4n) is 3.20. The fourth-order valence-corrected chi connectivity index (χ4v) is 3.20. The van der Waals surface area contributed by atoms with Gasteiger partial charge >= 0.3 is 0 Å². The number of fused-ring (bicyclic) bond motifs is 1. The number of nitrogens with zero attached hydrogens (tertiary/aromatic N) is 1. The van der Waals surface area contributed by atoms with Crippen LogP contribution in [-0.2, 0) is 11.2 Å². The number of hydrogen-bond acceptors (Lipinski definition) is 3. The molecule has 1 aromatic carbocycles. The lowest BCUT2D eigenvalue weighted by Crippen LogP contribution is -2.49. The topological polar surface area (TPSA) is 75.4 Å². The number of nitrogens with one attached hydrogen (secondary N) is 1. The van der Waals surface area contributed by atoms with Gasteiger partial charge < -0.3 is 16.0 Å². The summed E-state index contributed by atoms with van der Waals surface area (Å²) in [4.78, 5) is 25.9. The van der Waals surface area contributed by atoms with E-state index in [0.717, 1.165) is 30.6 Å². The second-order valence-corrected chi connectivity index (χ2v) is 5.97. The van der Waals surface area contributed by atoms with Crippen molar-refractivity contribution >= 4 is 17.5 Å². The molecule has 112 valence electrons. The second kappa shape index (κ2) is 5.48. The number of carbonyl (C=O) groups is 2. The zero-order valence-electron chi connectivity index (χ0n) is 12.3. The molecule has 2 aliphatic heterocycles.